The fourth-order valence-electron chi connectivity index (χ4n) is 1.80. The lowest BCUT2D eigenvalue weighted by Gasteiger charge is -2.11. The number of nitrogen functional groups attached to an aromatic ring is 3. The van der Waals surface area contributed by atoms with Crippen molar-refractivity contribution in [2.45, 2.75) is 6.42 Å². The Balaban J connectivity index is 2.93. The van der Waals surface area contributed by atoms with Gasteiger partial charge in [0.1, 0.15) is 0 Å². The average Bonchev–Trinajstić information content (AvgIpc) is 2.24. The number of benzene rings is 2. The average molecular weight is 200 g/mol. The fourth-order valence-corrected chi connectivity index (χ4v) is 1.80. The normalized spacial score (nSPS) is 10.7. The molecule has 0 saturated heterocycles. The molecule has 0 fully saturated rings. The van der Waals surface area contributed by atoms with Crippen molar-refractivity contribution >= 4 is 27.8 Å². The highest BCUT2D eigenvalue weighted by Crippen LogP contribution is 2.33. The van der Waals surface area contributed by atoms with Gasteiger partial charge in [0.15, 0.2) is 0 Å². The molecule has 77 valence electrons. The zero-order valence-corrected chi connectivity index (χ0v) is 8.46. The van der Waals surface area contributed by atoms with Crippen LogP contribution in [0.15, 0.2) is 24.3 Å². The minimum Gasteiger partial charge on any atom is -0.398 e. The third-order valence-corrected chi connectivity index (χ3v) is 2.65. The fraction of sp³-hybridized carbons (Fsp3) is 0.0833. The molecule has 0 unspecified atom stereocenters. The van der Waals surface area contributed by atoms with Crippen LogP contribution < -0.4 is 17.2 Å². The van der Waals surface area contributed by atoms with E-state index in [0.29, 0.717) is 23.5 Å². The Hall–Kier alpha value is -1.90. The minimum absolute atomic E-state index is 0.556. The maximum absolute atomic E-state index is 5.92. The summed E-state index contributed by atoms with van der Waals surface area (Å²) in [6.45, 7) is 3.87. The third kappa shape index (κ3) is 1.36. The second kappa shape index (κ2) is 3.35. The van der Waals surface area contributed by atoms with E-state index in [0.717, 1.165) is 16.3 Å². The van der Waals surface area contributed by atoms with E-state index in [2.05, 4.69) is 6.92 Å². The quantitative estimate of drug-likeness (QED) is 0.616. The summed E-state index contributed by atoms with van der Waals surface area (Å²) in [6.07, 6.45) is 0.708. The minimum atomic E-state index is 0.556. The summed E-state index contributed by atoms with van der Waals surface area (Å²) in [7, 11) is 0. The molecule has 0 aromatic heterocycles. The predicted octanol–water partition coefficient (Wildman–Crippen LogP) is 1.96. The van der Waals surface area contributed by atoms with Gasteiger partial charge in [-0.05, 0) is 36.4 Å². The van der Waals surface area contributed by atoms with Gasteiger partial charge in [-0.25, -0.2) is 0 Å². The lowest BCUT2D eigenvalue weighted by molar-refractivity contribution is 1.30. The second-order valence-corrected chi connectivity index (χ2v) is 3.55. The Morgan fingerprint density at radius 1 is 0.933 bits per heavy atom. The molecule has 0 atom stereocenters. The number of fused-ring (bicyclic) bond motifs is 1. The van der Waals surface area contributed by atoms with Crippen molar-refractivity contribution in [2.75, 3.05) is 17.2 Å². The van der Waals surface area contributed by atoms with Gasteiger partial charge in [-0.3, -0.25) is 0 Å². The molecular formula is C12H14N3. The van der Waals surface area contributed by atoms with Gasteiger partial charge >= 0.3 is 0 Å². The van der Waals surface area contributed by atoms with Crippen LogP contribution in [-0.4, -0.2) is 0 Å². The van der Waals surface area contributed by atoms with E-state index in [1.807, 2.05) is 18.2 Å². The van der Waals surface area contributed by atoms with Crippen LogP contribution >= 0.6 is 0 Å². The van der Waals surface area contributed by atoms with Crippen molar-refractivity contribution in [3.63, 3.8) is 0 Å². The molecule has 15 heavy (non-hydrogen) atoms. The van der Waals surface area contributed by atoms with Crippen LogP contribution in [0.3, 0.4) is 0 Å². The van der Waals surface area contributed by atoms with Crippen molar-refractivity contribution in [1.82, 2.24) is 0 Å². The molecule has 2 aromatic rings. The zero-order chi connectivity index (χ0) is 11.0. The molecule has 1 radical (unpaired) electrons. The van der Waals surface area contributed by atoms with E-state index in [9.17, 15) is 0 Å². The Bertz CT molecular complexity index is 518. The van der Waals surface area contributed by atoms with Crippen molar-refractivity contribution in [3.8, 4) is 0 Å². The van der Waals surface area contributed by atoms with Crippen LogP contribution in [0.4, 0.5) is 17.1 Å². The highest BCUT2D eigenvalue weighted by Gasteiger charge is 2.07. The lowest BCUT2D eigenvalue weighted by atomic mass is 9.99. The van der Waals surface area contributed by atoms with Crippen LogP contribution in [0.2, 0.25) is 0 Å². The van der Waals surface area contributed by atoms with Crippen molar-refractivity contribution in [2.24, 2.45) is 0 Å². The summed E-state index contributed by atoms with van der Waals surface area (Å²) in [4.78, 5) is 0. The number of hydrogen-bond acceptors (Lipinski definition) is 3. The molecule has 6 N–H and O–H groups in total. The predicted molar refractivity (Wildman–Crippen MR) is 66.2 cm³/mol. The molecule has 0 heterocycles. The smallest absolute Gasteiger partial charge is 0.0648 e. The summed E-state index contributed by atoms with van der Waals surface area (Å²) in [5, 5.41) is 1.88. The summed E-state index contributed by atoms with van der Waals surface area (Å²) in [5.74, 6) is 0. The molecular weight excluding hydrogens is 186 g/mol. The Labute approximate surface area is 88.9 Å². The molecule has 2 aromatic carbocycles. The first-order chi connectivity index (χ1) is 7.15. The summed E-state index contributed by atoms with van der Waals surface area (Å²) < 4.78 is 0. The van der Waals surface area contributed by atoms with E-state index < -0.39 is 0 Å². The topological polar surface area (TPSA) is 78.1 Å². The van der Waals surface area contributed by atoms with Gasteiger partial charge < -0.3 is 17.2 Å². The maximum atomic E-state index is 5.92. The first-order valence-electron chi connectivity index (χ1n) is 4.79. The van der Waals surface area contributed by atoms with E-state index in [1.165, 1.54) is 0 Å². The number of rotatable bonds is 1. The monoisotopic (exact) mass is 200 g/mol. The molecule has 0 aliphatic carbocycles. The molecule has 0 aliphatic rings. The molecule has 3 nitrogen and oxygen atoms in total. The SMILES string of the molecule is [CH2]Cc1ccc(N)c2c(N)c(N)ccc12. The highest BCUT2D eigenvalue weighted by molar-refractivity contribution is 6.06. The van der Waals surface area contributed by atoms with Crippen LogP contribution in [-0.2, 0) is 6.42 Å². The first-order valence-corrected chi connectivity index (χ1v) is 4.79. The van der Waals surface area contributed by atoms with Gasteiger partial charge in [-0.1, -0.05) is 12.1 Å². The third-order valence-electron chi connectivity index (χ3n) is 2.65. The van der Waals surface area contributed by atoms with Crippen molar-refractivity contribution < 1.29 is 0 Å². The van der Waals surface area contributed by atoms with Crippen LogP contribution in [0, 0.1) is 6.92 Å². The van der Waals surface area contributed by atoms with Crippen LogP contribution in [0.1, 0.15) is 5.56 Å². The number of nitrogens with two attached hydrogens (primary N) is 3. The Kier molecular flexibility index (Phi) is 2.15. The van der Waals surface area contributed by atoms with Gasteiger partial charge in [0.25, 0.3) is 0 Å². The van der Waals surface area contributed by atoms with Crippen molar-refractivity contribution in [3.05, 3.63) is 36.8 Å². The summed E-state index contributed by atoms with van der Waals surface area (Å²) in [6, 6.07) is 7.56. The maximum Gasteiger partial charge on any atom is 0.0648 e. The Morgan fingerprint density at radius 3 is 2.27 bits per heavy atom. The van der Waals surface area contributed by atoms with Gasteiger partial charge in [0.05, 0.1) is 11.4 Å². The van der Waals surface area contributed by atoms with E-state index in [1.54, 1.807) is 6.07 Å². The van der Waals surface area contributed by atoms with Crippen LogP contribution in [0.5, 0.6) is 0 Å². The Morgan fingerprint density at radius 2 is 1.60 bits per heavy atom. The molecule has 0 saturated carbocycles. The molecule has 0 amide bonds. The van der Waals surface area contributed by atoms with Gasteiger partial charge in [0, 0.05) is 11.1 Å². The highest BCUT2D eigenvalue weighted by atomic mass is 14.7. The second-order valence-electron chi connectivity index (χ2n) is 3.55. The summed E-state index contributed by atoms with van der Waals surface area (Å²) in [5.41, 5.74) is 20.5. The molecule has 3 heteroatoms. The van der Waals surface area contributed by atoms with E-state index in [-0.39, 0.29) is 0 Å². The molecule has 0 bridgehead atoms. The van der Waals surface area contributed by atoms with Crippen LogP contribution in [0.25, 0.3) is 10.8 Å². The van der Waals surface area contributed by atoms with E-state index in [4.69, 9.17) is 17.2 Å². The van der Waals surface area contributed by atoms with E-state index >= 15 is 0 Å². The molecule has 0 aliphatic heterocycles. The number of anilines is 3. The standard InChI is InChI=1S/C12H14N3/c1-2-7-3-5-9(13)11-8(7)4-6-10(14)12(11)15/h3-6H,1-2,13-15H2. The van der Waals surface area contributed by atoms with Gasteiger partial charge in [-0.2, -0.15) is 0 Å². The largest absolute Gasteiger partial charge is 0.398 e. The first kappa shape index (κ1) is 9.65. The van der Waals surface area contributed by atoms with Gasteiger partial charge in [0.2, 0.25) is 0 Å². The number of hydrogen-bond donors (Lipinski definition) is 3. The van der Waals surface area contributed by atoms with Gasteiger partial charge in [-0.15, -0.1) is 0 Å². The lowest BCUT2D eigenvalue weighted by Crippen LogP contribution is -1.99. The molecule has 2 rings (SSSR count). The zero-order valence-electron chi connectivity index (χ0n) is 8.46. The molecule has 0 spiro atoms. The van der Waals surface area contributed by atoms with Crippen molar-refractivity contribution in [1.29, 1.82) is 0 Å². The summed E-state index contributed by atoms with van der Waals surface area (Å²) >= 11 is 0.